The molecule has 0 heterocycles. The van der Waals surface area contributed by atoms with Crippen molar-refractivity contribution in [1.82, 2.24) is 0 Å². The molecular weight excluding hydrogens is 140 g/mol. The minimum Gasteiger partial charge on any atom is -0.452 e. The largest absolute Gasteiger partial charge is 0.452 e. The highest BCUT2D eigenvalue weighted by molar-refractivity contribution is 6.30. The molecule has 0 amide bonds. The number of carbonyl (C=O) groups is 1. The van der Waals surface area contributed by atoms with E-state index in [-0.39, 0.29) is 12.6 Å². The van der Waals surface area contributed by atoms with E-state index in [4.69, 9.17) is 11.6 Å². The number of hydrogen-bond acceptors (Lipinski definition) is 2. The molecule has 0 aromatic heterocycles. The number of rotatable bonds is 2. The predicted molar refractivity (Wildman–Crippen MR) is 34.6 cm³/mol. The van der Waals surface area contributed by atoms with E-state index in [1.165, 1.54) is 6.42 Å². The lowest BCUT2D eigenvalue weighted by Crippen LogP contribution is -2.02. The van der Waals surface area contributed by atoms with Gasteiger partial charge in [0.2, 0.25) is 0 Å². The predicted octanol–water partition coefficient (Wildman–Crippen LogP) is 0.953. The van der Waals surface area contributed by atoms with E-state index in [1.54, 1.807) is 6.92 Å². The minimum absolute atomic E-state index is 0.0622. The summed E-state index contributed by atoms with van der Waals surface area (Å²) >= 11 is 4.97. The second kappa shape index (κ2) is 5.46. The van der Waals surface area contributed by atoms with Crippen molar-refractivity contribution in [3.05, 3.63) is 6.42 Å². The molecule has 0 saturated carbocycles. The summed E-state index contributed by atoms with van der Waals surface area (Å²) in [6, 6.07) is 0. The summed E-state index contributed by atoms with van der Waals surface area (Å²) < 4.78 is 4.48. The van der Waals surface area contributed by atoms with E-state index in [2.05, 4.69) is 16.0 Å². The molecule has 49 valence electrons. The van der Waals surface area contributed by atoms with Gasteiger partial charge in [-0.15, -0.1) is 0 Å². The average molecular weight is 146 g/mol. The van der Waals surface area contributed by atoms with Gasteiger partial charge >= 0.3 is 5.97 Å². The van der Waals surface area contributed by atoms with Crippen LogP contribution in [0.2, 0.25) is 0 Å². The average Bonchev–Trinajstić information content (AvgIpc) is 1.89. The summed E-state index contributed by atoms with van der Waals surface area (Å²) in [7, 11) is 0. The molecule has 0 aromatic carbocycles. The third-order valence-corrected chi connectivity index (χ3v) is 0.723. The molecule has 0 aliphatic carbocycles. The highest BCUT2D eigenvalue weighted by Gasteiger charge is 1.93. The number of carbonyl (C=O) groups excluding carboxylic acids is 1. The smallest absolute Gasteiger partial charge is 0.310 e. The van der Waals surface area contributed by atoms with E-state index in [0.29, 0.717) is 0 Å². The van der Waals surface area contributed by atoms with Gasteiger partial charge in [-0.05, 0) is 17.5 Å². The van der Waals surface area contributed by atoms with Gasteiger partial charge in [-0.25, -0.2) is 0 Å². The van der Waals surface area contributed by atoms with E-state index in [9.17, 15) is 4.79 Å². The van der Waals surface area contributed by atoms with Crippen molar-refractivity contribution in [2.24, 2.45) is 0 Å². The molecule has 3 heteroatoms. The molecule has 0 spiro atoms. The maximum Gasteiger partial charge on any atom is 0.310 e. The zero-order chi connectivity index (χ0) is 7.11. The second-order valence-electron chi connectivity index (χ2n) is 1.17. The number of halogens is 1. The Morgan fingerprint density at radius 1 is 1.89 bits per heavy atom. The van der Waals surface area contributed by atoms with Crippen LogP contribution in [-0.4, -0.2) is 12.6 Å². The molecule has 0 aliphatic heterocycles. The Kier molecular flexibility index (Phi) is 5.04. The normalized spacial score (nSPS) is 7.33. The zero-order valence-electron chi connectivity index (χ0n) is 4.98. The van der Waals surface area contributed by atoms with Crippen LogP contribution >= 0.6 is 11.6 Å². The van der Waals surface area contributed by atoms with Gasteiger partial charge in [0.15, 0.2) is 6.61 Å². The van der Waals surface area contributed by atoms with Crippen molar-refractivity contribution < 1.29 is 9.53 Å². The fourth-order valence-corrected chi connectivity index (χ4v) is 0.272. The first-order chi connectivity index (χ1) is 4.31. The summed E-state index contributed by atoms with van der Waals surface area (Å²) in [5.41, 5.74) is 0. The van der Waals surface area contributed by atoms with Gasteiger partial charge in [0.1, 0.15) is 0 Å². The highest BCUT2D eigenvalue weighted by Crippen LogP contribution is 1.80. The van der Waals surface area contributed by atoms with Crippen molar-refractivity contribution in [2.45, 2.75) is 6.92 Å². The van der Waals surface area contributed by atoms with Crippen LogP contribution < -0.4 is 0 Å². The fraction of sp³-hybridized carbons (Fsp3) is 0.333. The number of esters is 1. The Morgan fingerprint density at radius 2 is 2.56 bits per heavy atom. The van der Waals surface area contributed by atoms with E-state index >= 15 is 0 Å². The molecule has 0 aromatic rings. The van der Waals surface area contributed by atoms with Crippen molar-refractivity contribution in [3.63, 3.8) is 0 Å². The van der Waals surface area contributed by atoms with E-state index in [0.717, 1.165) is 0 Å². The van der Waals surface area contributed by atoms with Gasteiger partial charge in [0.05, 0.1) is 6.42 Å². The molecule has 0 atom stereocenters. The van der Waals surface area contributed by atoms with Crippen LogP contribution in [0.15, 0.2) is 0 Å². The van der Waals surface area contributed by atoms with E-state index in [1.807, 2.05) is 0 Å². The highest BCUT2D eigenvalue weighted by atomic mass is 35.5. The summed E-state index contributed by atoms with van der Waals surface area (Å²) in [5, 5.41) is 2.08. The zero-order valence-corrected chi connectivity index (χ0v) is 5.73. The number of ether oxygens (including phenoxy) is 1. The van der Waals surface area contributed by atoms with Crippen LogP contribution in [0.3, 0.4) is 0 Å². The SMILES string of the molecule is C[CH]C(=O)OCC#CCl. The van der Waals surface area contributed by atoms with Crippen molar-refractivity contribution >= 4 is 17.6 Å². The summed E-state index contributed by atoms with van der Waals surface area (Å²) in [4.78, 5) is 10.3. The summed E-state index contributed by atoms with van der Waals surface area (Å²) in [6.45, 7) is 1.66. The summed E-state index contributed by atoms with van der Waals surface area (Å²) in [5.74, 6) is 1.99. The van der Waals surface area contributed by atoms with Crippen molar-refractivity contribution in [3.8, 4) is 11.3 Å². The van der Waals surface area contributed by atoms with Gasteiger partial charge < -0.3 is 4.74 Å². The van der Waals surface area contributed by atoms with Gasteiger partial charge in [0.25, 0.3) is 0 Å². The quantitative estimate of drug-likeness (QED) is 0.427. The first-order valence-electron chi connectivity index (χ1n) is 2.36. The molecule has 0 saturated heterocycles. The lowest BCUT2D eigenvalue weighted by Gasteiger charge is -1.93. The van der Waals surface area contributed by atoms with Crippen molar-refractivity contribution in [2.75, 3.05) is 6.61 Å². The molecule has 0 fully saturated rings. The molecule has 0 bridgehead atoms. The van der Waals surface area contributed by atoms with Crippen LogP contribution in [-0.2, 0) is 9.53 Å². The van der Waals surface area contributed by atoms with Gasteiger partial charge in [0, 0.05) is 5.38 Å². The van der Waals surface area contributed by atoms with Crippen LogP contribution in [0.4, 0.5) is 0 Å². The van der Waals surface area contributed by atoms with Crippen LogP contribution in [0, 0.1) is 17.7 Å². The maximum absolute atomic E-state index is 10.3. The third-order valence-electron chi connectivity index (χ3n) is 0.589. The van der Waals surface area contributed by atoms with Gasteiger partial charge in [-0.2, -0.15) is 0 Å². The Labute approximate surface area is 59.1 Å². The standard InChI is InChI=1S/C6H6ClO2/c1-2-6(8)9-5-3-4-7/h2H,5H2,1H3. The Balaban J connectivity index is 3.24. The molecule has 1 radical (unpaired) electrons. The molecule has 2 nitrogen and oxygen atoms in total. The molecule has 0 aliphatic rings. The fourth-order valence-electron chi connectivity index (χ4n) is 0.218. The summed E-state index contributed by atoms with van der Waals surface area (Å²) in [6.07, 6.45) is 1.32. The first-order valence-corrected chi connectivity index (χ1v) is 2.73. The third kappa shape index (κ3) is 5.19. The number of hydrogen-bond donors (Lipinski definition) is 0. The topological polar surface area (TPSA) is 26.3 Å². The second-order valence-corrected chi connectivity index (χ2v) is 1.36. The lowest BCUT2D eigenvalue weighted by atomic mass is 10.5. The Hall–Kier alpha value is -0.680. The maximum atomic E-state index is 10.3. The van der Waals surface area contributed by atoms with Crippen LogP contribution in [0.1, 0.15) is 6.92 Å². The Bertz CT molecular complexity index is 143. The molecule has 0 unspecified atom stereocenters. The molecule has 0 rings (SSSR count). The van der Waals surface area contributed by atoms with Crippen LogP contribution in [0.5, 0.6) is 0 Å². The lowest BCUT2D eigenvalue weighted by molar-refractivity contribution is -0.137. The monoisotopic (exact) mass is 145 g/mol. The van der Waals surface area contributed by atoms with E-state index < -0.39 is 0 Å². The van der Waals surface area contributed by atoms with Crippen molar-refractivity contribution in [1.29, 1.82) is 0 Å². The molecule has 0 N–H and O–H groups in total. The minimum atomic E-state index is -0.380. The molecular formula is C6H6ClO2. The van der Waals surface area contributed by atoms with Gasteiger partial charge in [-0.3, -0.25) is 4.79 Å². The molecule has 9 heavy (non-hydrogen) atoms. The van der Waals surface area contributed by atoms with Gasteiger partial charge in [-0.1, -0.05) is 6.92 Å². The first kappa shape index (κ1) is 8.32. The Morgan fingerprint density at radius 3 is 3.00 bits per heavy atom. The van der Waals surface area contributed by atoms with Crippen LogP contribution in [0.25, 0.3) is 0 Å².